The van der Waals surface area contributed by atoms with Gasteiger partial charge in [0.25, 0.3) is 5.91 Å². The van der Waals surface area contributed by atoms with Crippen LogP contribution >= 0.6 is 34.3 Å². The summed E-state index contributed by atoms with van der Waals surface area (Å²) in [6, 6.07) is 7.16. The molecule has 3 heterocycles. The SMILES string of the molecule is CCOC(=O)Cn1c(=NC(=O)Cc2ccc(Cl)s2)sc2cc3c(cc21)OCO3. The number of ether oxygens (including phenoxy) is 3. The summed E-state index contributed by atoms with van der Waals surface area (Å²) in [5, 5.41) is 0. The molecule has 0 N–H and O–H groups in total. The van der Waals surface area contributed by atoms with Gasteiger partial charge in [-0.15, -0.1) is 11.3 Å². The van der Waals surface area contributed by atoms with Crippen LogP contribution < -0.4 is 14.3 Å². The Kier molecular flexibility index (Phi) is 5.38. The zero-order valence-corrected chi connectivity index (χ0v) is 17.2. The predicted octanol–water partition coefficient (Wildman–Crippen LogP) is 3.38. The minimum atomic E-state index is -0.404. The van der Waals surface area contributed by atoms with Gasteiger partial charge in [-0.1, -0.05) is 22.9 Å². The number of thiazole rings is 1. The van der Waals surface area contributed by atoms with E-state index in [4.69, 9.17) is 25.8 Å². The summed E-state index contributed by atoms with van der Waals surface area (Å²) in [5.74, 6) is 0.499. The molecule has 1 amide bonds. The van der Waals surface area contributed by atoms with Gasteiger partial charge in [0.15, 0.2) is 16.3 Å². The molecule has 0 atom stereocenters. The van der Waals surface area contributed by atoms with Crippen molar-refractivity contribution in [3.8, 4) is 11.5 Å². The van der Waals surface area contributed by atoms with E-state index in [-0.39, 0.29) is 32.3 Å². The quantitative estimate of drug-likeness (QED) is 0.570. The number of hydrogen-bond donors (Lipinski definition) is 0. The summed E-state index contributed by atoms with van der Waals surface area (Å²) in [5.41, 5.74) is 0.730. The molecule has 0 aliphatic carbocycles. The number of carbonyl (C=O) groups excluding carboxylic acids is 2. The molecule has 3 aromatic rings. The van der Waals surface area contributed by atoms with E-state index in [0.717, 1.165) is 15.1 Å². The van der Waals surface area contributed by atoms with Crippen molar-refractivity contribution >= 4 is 56.4 Å². The normalized spacial score (nSPS) is 13.3. The Morgan fingerprint density at radius 2 is 2.04 bits per heavy atom. The molecule has 0 radical (unpaired) electrons. The number of thiophene rings is 1. The van der Waals surface area contributed by atoms with Crippen molar-refractivity contribution < 1.29 is 23.8 Å². The van der Waals surface area contributed by atoms with Gasteiger partial charge in [-0.3, -0.25) is 9.59 Å². The second-order valence-corrected chi connectivity index (χ2v) is 8.65. The van der Waals surface area contributed by atoms with Crippen molar-refractivity contribution in [3.05, 3.63) is 38.3 Å². The third-order valence-electron chi connectivity index (χ3n) is 3.94. The van der Waals surface area contributed by atoms with Crippen molar-refractivity contribution in [1.29, 1.82) is 0 Å². The first-order chi connectivity index (χ1) is 13.5. The number of fused-ring (bicyclic) bond motifs is 2. The van der Waals surface area contributed by atoms with Gasteiger partial charge >= 0.3 is 5.97 Å². The third-order valence-corrected chi connectivity index (χ3v) is 6.22. The predicted molar refractivity (Wildman–Crippen MR) is 106 cm³/mol. The Balaban J connectivity index is 1.74. The lowest BCUT2D eigenvalue weighted by atomic mass is 10.3. The number of benzene rings is 1. The number of carbonyl (C=O) groups is 2. The lowest BCUT2D eigenvalue weighted by Gasteiger charge is -2.05. The van der Waals surface area contributed by atoms with E-state index in [1.54, 1.807) is 29.7 Å². The maximum atomic E-state index is 12.5. The number of amides is 1. The second kappa shape index (κ2) is 7.94. The molecule has 0 saturated heterocycles. The average Bonchev–Trinajstić information content (AvgIpc) is 3.33. The topological polar surface area (TPSA) is 79.1 Å². The van der Waals surface area contributed by atoms with Crippen LogP contribution in [0.25, 0.3) is 10.2 Å². The van der Waals surface area contributed by atoms with Crippen LogP contribution in [0.15, 0.2) is 29.3 Å². The lowest BCUT2D eigenvalue weighted by molar-refractivity contribution is -0.143. The van der Waals surface area contributed by atoms with Crippen LogP contribution in [0.1, 0.15) is 11.8 Å². The molecule has 7 nitrogen and oxygen atoms in total. The van der Waals surface area contributed by atoms with Gasteiger partial charge in [-0.2, -0.15) is 4.99 Å². The molecule has 0 bridgehead atoms. The lowest BCUT2D eigenvalue weighted by Crippen LogP contribution is -2.23. The van der Waals surface area contributed by atoms with E-state index in [1.165, 1.54) is 22.7 Å². The highest BCUT2D eigenvalue weighted by Crippen LogP contribution is 2.37. The molecule has 2 aromatic heterocycles. The number of aromatic nitrogens is 1. The maximum Gasteiger partial charge on any atom is 0.326 e. The van der Waals surface area contributed by atoms with Gasteiger partial charge < -0.3 is 18.8 Å². The van der Waals surface area contributed by atoms with Crippen LogP contribution in [0.5, 0.6) is 11.5 Å². The van der Waals surface area contributed by atoms with E-state index in [1.807, 2.05) is 6.07 Å². The van der Waals surface area contributed by atoms with Crippen LogP contribution in [0.2, 0.25) is 4.34 Å². The van der Waals surface area contributed by atoms with Crippen molar-refractivity contribution in [2.75, 3.05) is 13.4 Å². The summed E-state index contributed by atoms with van der Waals surface area (Å²) in [6.45, 7) is 2.12. The maximum absolute atomic E-state index is 12.5. The summed E-state index contributed by atoms with van der Waals surface area (Å²) in [4.78, 5) is 30.0. The molecule has 4 rings (SSSR count). The standard InChI is InChI=1S/C18H15ClN2O5S2/c1-2-24-17(23)8-21-11-6-12-13(26-9-25-12)7-14(11)28-18(21)20-16(22)5-10-3-4-15(19)27-10/h3-4,6-7H,2,5,8-9H2,1H3. The first kappa shape index (κ1) is 19.0. The Morgan fingerprint density at radius 3 is 2.75 bits per heavy atom. The highest BCUT2D eigenvalue weighted by atomic mass is 35.5. The number of hydrogen-bond acceptors (Lipinski definition) is 7. The largest absolute Gasteiger partial charge is 0.465 e. The highest BCUT2D eigenvalue weighted by Gasteiger charge is 2.19. The van der Waals surface area contributed by atoms with Crippen LogP contribution in [0.4, 0.5) is 0 Å². The Labute approximate surface area is 172 Å². The molecule has 146 valence electrons. The van der Waals surface area contributed by atoms with E-state index >= 15 is 0 Å². The van der Waals surface area contributed by atoms with Crippen molar-refractivity contribution in [1.82, 2.24) is 4.57 Å². The molecule has 0 unspecified atom stereocenters. The fourth-order valence-electron chi connectivity index (χ4n) is 2.78. The average molecular weight is 439 g/mol. The van der Waals surface area contributed by atoms with Gasteiger partial charge in [-0.05, 0) is 19.1 Å². The smallest absolute Gasteiger partial charge is 0.326 e. The number of esters is 1. The summed E-state index contributed by atoms with van der Waals surface area (Å²) in [6.07, 6.45) is 0.147. The van der Waals surface area contributed by atoms with Crippen molar-refractivity contribution in [2.24, 2.45) is 4.99 Å². The monoisotopic (exact) mass is 438 g/mol. The summed E-state index contributed by atoms with van der Waals surface area (Å²) >= 11 is 8.56. The van der Waals surface area contributed by atoms with Crippen molar-refractivity contribution in [2.45, 2.75) is 19.9 Å². The van der Waals surface area contributed by atoms with Gasteiger partial charge in [0.2, 0.25) is 6.79 Å². The van der Waals surface area contributed by atoms with E-state index in [0.29, 0.717) is 20.6 Å². The Hall–Kier alpha value is -2.36. The zero-order valence-electron chi connectivity index (χ0n) is 14.8. The van der Waals surface area contributed by atoms with E-state index in [9.17, 15) is 9.59 Å². The fraction of sp³-hybridized carbons (Fsp3) is 0.278. The molecule has 1 aliphatic rings. The molecular formula is C18H15ClN2O5S2. The number of halogens is 1. The minimum Gasteiger partial charge on any atom is -0.465 e. The van der Waals surface area contributed by atoms with Crippen molar-refractivity contribution in [3.63, 3.8) is 0 Å². The van der Waals surface area contributed by atoms with Gasteiger partial charge in [0.05, 0.1) is 27.6 Å². The van der Waals surface area contributed by atoms with Crippen LogP contribution in [0.3, 0.4) is 0 Å². The zero-order chi connectivity index (χ0) is 19.7. The first-order valence-electron chi connectivity index (χ1n) is 8.44. The third kappa shape index (κ3) is 3.91. The highest BCUT2D eigenvalue weighted by molar-refractivity contribution is 7.16. The second-order valence-electron chi connectivity index (χ2n) is 5.84. The molecule has 0 fully saturated rings. The minimum absolute atomic E-state index is 0.0512. The van der Waals surface area contributed by atoms with Crippen LogP contribution in [0, 0.1) is 0 Å². The molecule has 10 heteroatoms. The Bertz CT molecular complexity index is 1130. The molecule has 1 aliphatic heterocycles. The molecule has 0 spiro atoms. The van der Waals surface area contributed by atoms with E-state index < -0.39 is 5.97 Å². The summed E-state index contributed by atoms with van der Waals surface area (Å²) in [7, 11) is 0. The van der Waals surface area contributed by atoms with Crippen LogP contribution in [-0.4, -0.2) is 29.8 Å². The van der Waals surface area contributed by atoms with Gasteiger partial charge in [0, 0.05) is 17.0 Å². The molecule has 28 heavy (non-hydrogen) atoms. The van der Waals surface area contributed by atoms with E-state index in [2.05, 4.69) is 4.99 Å². The molecular weight excluding hydrogens is 424 g/mol. The van der Waals surface area contributed by atoms with Crippen LogP contribution in [-0.2, 0) is 27.3 Å². The first-order valence-corrected chi connectivity index (χ1v) is 10.4. The number of nitrogens with zero attached hydrogens (tertiary/aromatic N) is 2. The fourth-order valence-corrected chi connectivity index (χ4v) is 4.91. The molecule has 0 saturated carbocycles. The van der Waals surface area contributed by atoms with Gasteiger partial charge in [-0.25, -0.2) is 0 Å². The Morgan fingerprint density at radius 1 is 1.25 bits per heavy atom. The van der Waals surface area contributed by atoms with Gasteiger partial charge in [0.1, 0.15) is 6.54 Å². The summed E-state index contributed by atoms with van der Waals surface area (Å²) < 4.78 is 19.0. The molecule has 1 aromatic carbocycles. The number of rotatable bonds is 5.